The molecule has 0 saturated heterocycles. The fourth-order valence-corrected chi connectivity index (χ4v) is 1.85. The van der Waals surface area contributed by atoms with Gasteiger partial charge in [-0.2, -0.15) is 0 Å². The van der Waals surface area contributed by atoms with E-state index in [4.69, 9.17) is 0 Å². The van der Waals surface area contributed by atoms with Crippen LogP contribution >= 0.6 is 0 Å². The van der Waals surface area contributed by atoms with E-state index in [2.05, 4.69) is 10.1 Å². The number of hydrogen-bond acceptors (Lipinski definition) is 3. The minimum atomic E-state index is -0.533. The summed E-state index contributed by atoms with van der Waals surface area (Å²) < 4.78 is 17.7. The lowest BCUT2D eigenvalue weighted by atomic mass is 9.94. The predicted octanol–water partition coefficient (Wildman–Crippen LogP) is 1.19. The highest BCUT2D eigenvalue weighted by atomic mass is 19.1. The molecule has 80 valence electrons. The van der Waals surface area contributed by atoms with Gasteiger partial charge in [-0.05, 0) is 29.7 Å². The molecule has 0 bridgehead atoms. The van der Waals surface area contributed by atoms with Crippen LogP contribution in [0.25, 0.3) is 0 Å². The fraction of sp³-hybridized carbons (Fsp3) is 0.364. The Hall–Kier alpha value is -1.42. The third-order valence-corrected chi connectivity index (χ3v) is 2.60. The zero-order valence-electron chi connectivity index (χ0n) is 8.42. The Morgan fingerprint density at radius 1 is 1.60 bits per heavy atom. The number of ether oxygens (including phenoxy) is 1. The van der Waals surface area contributed by atoms with Crippen LogP contribution in [-0.2, 0) is 16.0 Å². The Morgan fingerprint density at radius 3 is 3.13 bits per heavy atom. The first-order valence-electron chi connectivity index (χ1n) is 4.82. The molecule has 0 radical (unpaired) electrons. The molecule has 0 aliphatic carbocycles. The van der Waals surface area contributed by atoms with Crippen molar-refractivity contribution in [1.82, 2.24) is 5.32 Å². The molecule has 0 aromatic heterocycles. The Balaban J connectivity index is 2.40. The van der Waals surface area contributed by atoms with Crippen LogP contribution in [0.1, 0.15) is 17.2 Å². The largest absolute Gasteiger partial charge is 0.468 e. The number of benzene rings is 1. The van der Waals surface area contributed by atoms with E-state index in [0.29, 0.717) is 12.1 Å². The first-order valence-corrected chi connectivity index (χ1v) is 4.82. The SMILES string of the molecule is COC(=O)C1NCCc2ccc(F)cc21. The first kappa shape index (κ1) is 10.1. The first-order chi connectivity index (χ1) is 7.22. The van der Waals surface area contributed by atoms with Crippen molar-refractivity contribution in [3.8, 4) is 0 Å². The molecule has 1 unspecified atom stereocenters. The number of rotatable bonds is 1. The smallest absolute Gasteiger partial charge is 0.327 e. The zero-order valence-corrected chi connectivity index (χ0v) is 8.42. The summed E-state index contributed by atoms with van der Waals surface area (Å²) in [4.78, 5) is 11.4. The van der Waals surface area contributed by atoms with Crippen molar-refractivity contribution in [2.24, 2.45) is 0 Å². The molecule has 0 saturated carbocycles. The molecule has 1 aromatic rings. The second kappa shape index (κ2) is 3.98. The highest BCUT2D eigenvalue weighted by Crippen LogP contribution is 2.24. The van der Waals surface area contributed by atoms with Gasteiger partial charge in [-0.1, -0.05) is 6.07 Å². The molecule has 1 atom stereocenters. The minimum Gasteiger partial charge on any atom is -0.468 e. The number of methoxy groups -OCH3 is 1. The minimum absolute atomic E-state index is 0.327. The van der Waals surface area contributed by atoms with Crippen LogP contribution < -0.4 is 5.32 Å². The van der Waals surface area contributed by atoms with Crippen LogP contribution in [0.2, 0.25) is 0 Å². The summed E-state index contributed by atoms with van der Waals surface area (Å²) in [6.07, 6.45) is 0.809. The third-order valence-electron chi connectivity index (χ3n) is 2.60. The van der Waals surface area contributed by atoms with Crippen molar-refractivity contribution in [2.75, 3.05) is 13.7 Å². The van der Waals surface area contributed by atoms with E-state index in [-0.39, 0.29) is 11.8 Å². The number of carbonyl (C=O) groups excluding carboxylic acids is 1. The maximum absolute atomic E-state index is 13.1. The lowest BCUT2D eigenvalue weighted by molar-refractivity contribution is -0.143. The molecule has 2 rings (SSSR count). The zero-order chi connectivity index (χ0) is 10.8. The summed E-state index contributed by atoms with van der Waals surface area (Å²) >= 11 is 0. The normalized spacial score (nSPS) is 19.5. The number of halogens is 1. The number of esters is 1. The van der Waals surface area contributed by atoms with Gasteiger partial charge in [0.1, 0.15) is 11.9 Å². The predicted molar refractivity (Wildman–Crippen MR) is 52.9 cm³/mol. The van der Waals surface area contributed by atoms with Crippen LogP contribution in [-0.4, -0.2) is 19.6 Å². The monoisotopic (exact) mass is 209 g/mol. The molecule has 1 N–H and O–H groups in total. The van der Waals surface area contributed by atoms with Crippen molar-refractivity contribution in [3.05, 3.63) is 35.1 Å². The molecular formula is C11H12FNO2. The number of carbonyl (C=O) groups is 1. The number of fused-ring (bicyclic) bond motifs is 1. The van der Waals surface area contributed by atoms with Gasteiger partial charge >= 0.3 is 5.97 Å². The Bertz CT molecular complexity index is 392. The summed E-state index contributed by atoms with van der Waals surface area (Å²) in [7, 11) is 1.33. The van der Waals surface area contributed by atoms with E-state index < -0.39 is 6.04 Å². The topological polar surface area (TPSA) is 38.3 Å². The van der Waals surface area contributed by atoms with Gasteiger partial charge in [0, 0.05) is 6.54 Å². The lowest BCUT2D eigenvalue weighted by Gasteiger charge is -2.24. The highest BCUT2D eigenvalue weighted by molar-refractivity contribution is 5.78. The summed E-state index contributed by atoms with van der Waals surface area (Å²) in [5.41, 5.74) is 1.69. The van der Waals surface area contributed by atoms with Gasteiger partial charge in [0.15, 0.2) is 0 Å². The van der Waals surface area contributed by atoms with Crippen LogP contribution in [0.3, 0.4) is 0 Å². The van der Waals surface area contributed by atoms with E-state index in [1.165, 1.54) is 19.2 Å². The van der Waals surface area contributed by atoms with E-state index in [1.807, 2.05) is 0 Å². The second-order valence-corrected chi connectivity index (χ2v) is 3.50. The van der Waals surface area contributed by atoms with Gasteiger partial charge < -0.3 is 10.1 Å². The quantitative estimate of drug-likeness (QED) is 0.706. The fourth-order valence-electron chi connectivity index (χ4n) is 1.85. The molecule has 1 aliphatic heterocycles. The lowest BCUT2D eigenvalue weighted by Crippen LogP contribution is -2.35. The maximum Gasteiger partial charge on any atom is 0.327 e. The molecule has 0 fully saturated rings. The van der Waals surface area contributed by atoms with Crippen molar-refractivity contribution >= 4 is 5.97 Å². The Labute approximate surface area is 87.2 Å². The van der Waals surface area contributed by atoms with E-state index >= 15 is 0 Å². The van der Waals surface area contributed by atoms with Crippen molar-refractivity contribution in [3.63, 3.8) is 0 Å². The third kappa shape index (κ3) is 1.85. The standard InChI is InChI=1S/C11H12FNO2/c1-15-11(14)10-9-6-8(12)3-2-7(9)4-5-13-10/h2-3,6,10,13H,4-5H2,1H3. The molecule has 0 amide bonds. The summed E-state index contributed by atoms with van der Waals surface area (Å²) in [5, 5.41) is 3.01. The molecule has 1 heterocycles. The molecule has 1 aliphatic rings. The van der Waals surface area contributed by atoms with E-state index in [1.54, 1.807) is 6.07 Å². The van der Waals surface area contributed by atoms with Crippen molar-refractivity contribution in [1.29, 1.82) is 0 Å². The van der Waals surface area contributed by atoms with E-state index in [0.717, 1.165) is 12.0 Å². The molecule has 3 nitrogen and oxygen atoms in total. The number of nitrogens with one attached hydrogen (secondary N) is 1. The molecule has 0 spiro atoms. The Kier molecular flexibility index (Phi) is 2.68. The van der Waals surface area contributed by atoms with Gasteiger partial charge in [0.25, 0.3) is 0 Å². The maximum atomic E-state index is 13.1. The summed E-state index contributed by atoms with van der Waals surface area (Å²) in [6, 6.07) is 4.00. The van der Waals surface area contributed by atoms with Crippen LogP contribution in [0.5, 0.6) is 0 Å². The van der Waals surface area contributed by atoms with Crippen molar-refractivity contribution in [2.45, 2.75) is 12.5 Å². The molecule has 4 heteroatoms. The Morgan fingerprint density at radius 2 is 2.40 bits per heavy atom. The average Bonchev–Trinajstić information content (AvgIpc) is 2.27. The van der Waals surface area contributed by atoms with E-state index in [9.17, 15) is 9.18 Å². The van der Waals surface area contributed by atoms with Gasteiger partial charge in [0.2, 0.25) is 0 Å². The second-order valence-electron chi connectivity index (χ2n) is 3.50. The van der Waals surface area contributed by atoms with Gasteiger partial charge in [0.05, 0.1) is 7.11 Å². The average molecular weight is 209 g/mol. The van der Waals surface area contributed by atoms with Crippen LogP contribution in [0, 0.1) is 5.82 Å². The van der Waals surface area contributed by atoms with Crippen LogP contribution in [0.15, 0.2) is 18.2 Å². The summed E-state index contributed by atoms with van der Waals surface area (Å²) in [6.45, 7) is 0.707. The van der Waals surface area contributed by atoms with Crippen molar-refractivity contribution < 1.29 is 13.9 Å². The van der Waals surface area contributed by atoms with Gasteiger partial charge in [-0.15, -0.1) is 0 Å². The molecule has 1 aromatic carbocycles. The molecule has 15 heavy (non-hydrogen) atoms. The summed E-state index contributed by atoms with van der Waals surface area (Å²) in [5.74, 6) is -0.701. The number of hydrogen-bond donors (Lipinski definition) is 1. The van der Waals surface area contributed by atoms with Gasteiger partial charge in [-0.3, -0.25) is 0 Å². The van der Waals surface area contributed by atoms with Gasteiger partial charge in [-0.25, -0.2) is 9.18 Å². The van der Waals surface area contributed by atoms with Crippen LogP contribution in [0.4, 0.5) is 4.39 Å². The molecular weight excluding hydrogens is 197 g/mol. The highest BCUT2D eigenvalue weighted by Gasteiger charge is 2.26.